The molecule has 1 amide bonds. The summed E-state index contributed by atoms with van der Waals surface area (Å²) < 4.78 is 44.3. The third-order valence-corrected chi connectivity index (χ3v) is 3.96. The first-order valence-corrected chi connectivity index (χ1v) is 7.92. The summed E-state index contributed by atoms with van der Waals surface area (Å²) in [5.74, 6) is -0.891. The van der Waals surface area contributed by atoms with Crippen molar-refractivity contribution < 1.29 is 22.7 Å². The minimum atomic E-state index is -4.64. The quantitative estimate of drug-likeness (QED) is 0.724. The molecule has 1 heterocycles. The maximum atomic E-state index is 13.1. The van der Waals surface area contributed by atoms with E-state index in [0.29, 0.717) is 16.5 Å². The van der Waals surface area contributed by atoms with Gasteiger partial charge in [-0.15, -0.1) is 0 Å². The third kappa shape index (κ3) is 4.01. The van der Waals surface area contributed by atoms with Crippen LogP contribution >= 0.6 is 0 Å². The zero-order valence-corrected chi connectivity index (χ0v) is 14.2. The highest BCUT2D eigenvalue weighted by atomic mass is 19.4. The van der Waals surface area contributed by atoms with Crippen LogP contribution in [0.1, 0.15) is 21.5 Å². The highest BCUT2D eigenvalue weighted by Crippen LogP contribution is 2.32. The van der Waals surface area contributed by atoms with Crippen LogP contribution in [0.25, 0.3) is 10.9 Å². The van der Waals surface area contributed by atoms with Gasteiger partial charge in [-0.25, -0.2) is 0 Å². The van der Waals surface area contributed by atoms with E-state index in [4.69, 9.17) is 4.74 Å². The molecule has 0 bridgehead atoms. The molecule has 27 heavy (non-hydrogen) atoms. The fourth-order valence-electron chi connectivity index (χ4n) is 2.81. The lowest BCUT2D eigenvalue weighted by Crippen LogP contribution is -2.18. The average Bonchev–Trinajstić information content (AvgIpc) is 2.61. The Kier molecular flexibility index (Phi) is 5.00. The van der Waals surface area contributed by atoms with Gasteiger partial charge >= 0.3 is 6.18 Å². The normalized spacial score (nSPS) is 11.6. The number of carbonyl (C=O) groups is 1. The van der Waals surface area contributed by atoms with Crippen molar-refractivity contribution >= 4 is 22.5 Å². The van der Waals surface area contributed by atoms with Crippen molar-refractivity contribution in [3.63, 3.8) is 0 Å². The smallest absolute Gasteiger partial charge is 0.380 e. The Labute approximate surface area is 151 Å². The number of halogens is 3. The number of aromatic nitrogens is 1. The molecule has 140 valence electrons. The number of benzene rings is 2. The van der Waals surface area contributed by atoms with E-state index in [2.05, 4.69) is 10.3 Å². The number of anilines is 1. The zero-order chi connectivity index (χ0) is 19.6. The van der Waals surface area contributed by atoms with Gasteiger partial charge in [0.2, 0.25) is 5.56 Å². The number of pyridine rings is 1. The molecule has 0 saturated heterocycles. The Morgan fingerprint density at radius 1 is 1.15 bits per heavy atom. The van der Waals surface area contributed by atoms with Gasteiger partial charge in [0, 0.05) is 24.2 Å². The van der Waals surface area contributed by atoms with E-state index < -0.39 is 23.2 Å². The lowest BCUT2D eigenvalue weighted by atomic mass is 10.1. The van der Waals surface area contributed by atoms with Crippen molar-refractivity contribution in [2.24, 2.45) is 0 Å². The van der Waals surface area contributed by atoms with Crippen LogP contribution in [0.5, 0.6) is 0 Å². The van der Waals surface area contributed by atoms with Crippen molar-refractivity contribution in [3.8, 4) is 0 Å². The Balaban J connectivity index is 1.96. The molecule has 2 N–H and O–H groups in total. The third-order valence-electron chi connectivity index (χ3n) is 3.96. The topological polar surface area (TPSA) is 71.2 Å². The summed E-state index contributed by atoms with van der Waals surface area (Å²) in [6, 6.07) is 10.6. The second kappa shape index (κ2) is 7.24. The van der Waals surface area contributed by atoms with Crippen LogP contribution in [0, 0.1) is 0 Å². The number of alkyl halides is 3. The molecule has 0 fully saturated rings. The Hall–Kier alpha value is -3.13. The lowest BCUT2D eigenvalue weighted by molar-refractivity contribution is -0.137. The zero-order valence-electron chi connectivity index (χ0n) is 14.2. The van der Waals surface area contributed by atoms with Gasteiger partial charge in [0.1, 0.15) is 0 Å². The first-order chi connectivity index (χ1) is 12.8. The minimum absolute atomic E-state index is 0.227. The van der Waals surface area contributed by atoms with E-state index >= 15 is 0 Å². The number of nitrogens with one attached hydrogen (secondary N) is 2. The van der Waals surface area contributed by atoms with Gasteiger partial charge < -0.3 is 15.0 Å². The molecule has 0 unspecified atom stereocenters. The van der Waals surface area contributed by atoms with Crippen molar-refractivity contribution in [1.82, 2.24) is 4.98 Å². The second-order valence-corrected chi connectivity index (χ2v) is 5.85. The van der Waals surface area contributed by atoms with Gasteiger partial charge in [-0.1, -0.05) is 18.2 Å². The number of H-pyrrole nitrogens is 1. The number of aromatic amines is 1. The number of rotatable bonds is 4. The van der Waals surface area contributed by atoms with Gasteiger partial charge in [0.25, 0.3) is 5.91 Å². The van der Waals surface area contributed by atoms with Gasteiger partial charge in [0.05, 0.1) is 23.3 Å². The summed E-state index contributed by atoms with van der Waals surface area (Å²) >= 11 is 0. The second-order valence-electron chi connectivity index (χ2n) is 5.85. The Bertz CT molecular complexity index is 1060. The van der Waals surface area contributed by atoms with E-state index in [9.17, 15) is 22.8 Å². The lowest BCUT2D eigenvalue weighted by Gasteiger charge is -2.13. The molecule has 0 aliphatic carbocycles. The van der Waals surface area contributed by atoms with Crippen molar-refractivity contribution in [2.45, 2.75) is 12.8 Å². The van der Waals surface area contributed by atoms with Gasteiger partial charge in [0.15, 0.2) is 0 Å². The first-order valence-electron chi connectivity index (χ1n) is 7.92. The average molecular weight is 376 g/mol. The molecule has 0 saturated carbocycles. The van der Waals surface area contributed by atoms with Crippen molar-refractivity contribution in [2.75, 3.05) is 12.4 Å². The molecule has 8 heteroatoms. The van der Waals surface area contributed by atoms with Crippen molar-refractivity contribution in [3.05, 3.63) is 75.6 Å². The molecule has 2 aromatic carbocycles. The Morgan fingerprint density at radius 2 is 1.89 bits per heavy atom. The van der Waals surface area contributed by atoms with E-state index in [1.165, 1.54) is 31.4 Å². The van der Waals surface area contributed by atoms with E-state index in [1.807, 2.05) is 0 Å². The highest BCUT2D eigenvalue weighted by Gasteiger charge is 2.34. The van der Waals surface area contributed by atoms with Gasteiger partial charge in [-0.3, -0.25) is 9.59 Å². The maximum Gasteiger partial charge on any atom is 0.417 e. The van der Waals surface area contributed by atoms with E-state index in [0.717, 1.165) is 12.1 Å². The number of carbonyl (C=O) groups excluding carboxylic acids is 1. The van der Waals surface area contributed by atoms with Crippen LogP contribution in [-0.2, 0) is 17.5 Å². The number of ether oxygens (including phenoxy) is 1. The molecule has 0 aliphatic heterocycles. The highest BCUT2D eigenvalue weighted by molar-refractivity contribution is 6.06. The number of hydrogen-bond acceptors (Lipinski definition) is 3. The standard InChI is InChI=1S/C19H15F3N2O3/c1-27-10-11-8-17(25)24-16-9-12(6-7-13(11)16)23-18(26)14-4-2-3-5-15(14)19(20,21)22/h2-9H,10H2,1H3,(H,23,26)(H,24,25). The molecule has 3 aromatic rings. The molecule has 0 radical (unpaired) electrons. The fourth-order valence-corrected chi connectivity index (χ4v) is 2.81. The molecule has 0 spiro atoms. The van der Waals surface area contributed by atoms with Crippen LogP contribution in [0.15, 0.2) is 53.3 Å². The summed E-state index contributed by atoms with van der Waals surface area (Å²) in [6.07, 6.45) is -4.64. The molecule has 5 nitrogen and oxygen atoms in total. The van der Waals surface area contributed by atoms with Crippen LogP contribution in [0.3, 0.4) is 0 Å². The summed E-state index contributed by atoms with van der Waals surface area (Å²) in [5.41, 5.74) is -0.478. The summed E-state index contributed by atoms with van der Waals surface area (Å²) in [6.45, 7) is 0.227. The molecular weight excluding hydrogens is 361 g/mol. The van der Waals surface area contributed by atoms with Crippen LogP contribution in [0.2, 0.25) is 0 Å². The van der Waals surface area contributed by atoms with Crippen LogP contribution in [0.4, 0.5) is 18.9 Å². The molecule has 0 atom stereocenters. The van der Waals surface area contributed by atoms with Crippen LogP contribution < -0.4 is 10.9 Å². The fraction of sp³-hybridized carbons (Fsp3) is 0.158. The van der Waals surface area contributed by atoms with Crippen molar-refractivity contribution in [1.29, 1.82) is 0 Å². The molecular formula is C19H15F3N2O3. The Morgan fingerprint density at radius 3 is 2.59 bits per heavy atom. The van der Waals surface area contributed by atoms with E-state index in [-0.39, 0.29) is 17.9 Å². The first kappa shape index (κ1) is 18.7. The number of methoxy groups -OCH3 is 1. The molecule has 1 aromatic heterocycles. The number of fused-ring (bicyclic) bond motifs is 1. The SMILES string of the molecule is COCc1cc(=O)[nH]c2cc(NC(=O)c3ccccc3C(F)(F)F)ccc12. The number of amides is 1. The number of hydrogen-bond donors (Lipinski definition) is 2. The van der Waals surface area contributed by atoms with Gasteiger partial charge in [-0.2, -0.15) is 13.2 Å². The molecule has 0 aliphatic rings. The summed E-state index contributed by atoms with van der Waals surface area (Å²) in [4.78, 5) is 26.8. The van der Waals surface area contributed by atoms with Gasteiger partial charge in [-0.05, 0) is 29.8 Å². The molecule has 3 rings (SSSR count). The summed E-state index contributed by atoms with van der Waals surface area (Å²) in [5, 5.41) is 3.15. The minimum Gasteiger partial charge on any atom is -0.380 e. The predicted octanol–water partition coefficient (Wildman–Crippen LogP) is 3.95. The predicted molar refractivity (Wildman–Crippen MR) is 94.7 cm³/mol. The largest absolute Gasteiger partial charge is 0.417 e. The monoisotopic (exact) mass is 376 g/mol. The van der Waals surface area contributed by atoms with E-state index in [1.54, 1.807) is 12.1 Å². The summed E-state index contributed by atoms with van der Waals surface area (Å²) in [7, 11) is 1.50. The van der Waals surface area contributed by atoms with Crippen LogP contribution in [-0.4, -0.2) is 18.0 Å². The maximum absolute atomic E-state index is 13.1.